The molecule has 4 bridgehead atoms. The SMILES string of the molecule is CCOC(C)OC1CC2CC3CC(C1)N2C(C(=O)OC)C3=O. The fourth-order valence-corrected chi connectivity index (χ4v) is 4.46. The van der Waals surface area contributed by atoms with Crippen molar-refractivity contribution < 1.29 is 23.8 Å². The number of carbonyl (C=O) groups excluding carboxylic acids is 2. The highest BCUT2D eigenvalue weighted by Crippen LogP contribution is 2.45. The smallest absolute Gasteiger partial charge is 0.330 e. The van der Waals surface area contributed by atoms with Crippen LogP contribution in [0.4, 0.5) is 0 Å². The molecule has 4 aliphatic rings. The number of carbonyl (C=O) groups is 2. The van der Waals surface area contributed by atoms with Gasteiger partial charge < -0.3 is 14.2 Å². The molecule has 0 aromatic carbocycles. The highest BCUT2D eigenvalue weighted by atomic mass is 16.7. The number of esters is 1. The highest BCUT2D eigenvalue weighted by Gasteiger charge is 2.56. The van der Waals surface area contributed by atoms with E-state index in [0.29, 0.717) is 6.61 Å². The Morgan fingerprint density at radius 2 is 1.91 bits per heavy atom. The van der Waals surface area contributed by atoms with E-state index >= 15 is 0 Å². The number of rotatable bonds is 5. The summed E-state index contributed by atoms with van der Waals surface area (Å²) in [4.78, 5) is 26.5. The van der Waals surface area contributed by atoms with Crippen LogP contribution in [0.25, 0.3) is 0 Å². The summed E-state index contributed by atoms with van der Waals surface area (Å²) in [5.41, 5.74) is 0. The molecule has 0 aliphatic carbocycles. The second-order valence-electron chi connectivity index (χ2n) is 6.50. The second-order valence-corrected chi connectivity index (χ2v) is 6.50. The fourth-order valence-electron chi connectivity index (χ4n) is 4.46. The van der Waals surface area contributed by atoms with Crippen LogP contribution in [0.1, 0.15) is 39.5 Å². The maximum absolute atomic E-state index is 12.4. The van der Waals surface area contributed by atoms with E-state index in [9.17, 15) is 9.59 Å². The average Bonchev–Trinajstić information content (AvgIpc) is 2.46. The van der Waals surface area contributed by atoms with E-state index in [1.807, 2.05) is 13.8 Å². The maximum Gasteiger partial charge on any atom is 0.330 e. The summed E-state index contributed by atoms with van der Waals surface area (Å²) < 4.78 is 16.3. The van der Waals surface area contributed by atoms with Gasteiger partial charge in [-0.25, -0.2) is 4.79 Å². The number of fused-ring (bicyclic) bond motifs is 1. The molecule has 0 aromatic heterocycles. The number of piperidine rings is 4. The molecule has 4 heterocycles. The van der Waals surface area contributed by atoms with Gasteiger partial charge >= 0.3 is 5.97 Å². The molecule has 0 aromatic rings. The molecule has 0 N–H and O–H groups in total. The van der Waals surface area contributed by atoms with Crippen molar-refractivity contribution in [3.63, 3.8) is 0 Å². The normalized spacial score (nSPS) is 41.3. The van der Waals surface area contributed by atoms with E-state index in [1.54, 1.807) is 0 Å². The lowest BCUT2D eigenvalue weighted by atomic mass is 9.69. The van der Waals surface area contributed by atoms with Crippen LogP contribution >= 0.6 is 0 Å². The molecule has 4 aliphatic heterocycles. The standard InChI is InChI=1S/C16H25NO5/c1-4-21-9(2)22-13-7-11-5-10-6-12(8-13)17(11)14(15(10)18)16(19)20-3/h9-14H,4-8H2,1-3H3. The summed E-state index contributed by atoms with van der Waals surface area (Å²) in [6.45, 7) is 4.50. The van der Waals surface area contributed by atoms with E-state index in [-0.39, 0.29) is 36.2 Å². The summed E-state index contributed by atoms with van der Waals surface area (Å²) in [6.07, 6.45) is 3.31. The molecule has 4 fully saturated rings. The molecule has 4 saturated heterocycles. The lowest BCUT2D eigenvalue weighted by Gasteiger charge is -2.57. The first-order chi connectivity index (χ1) is 10.5. The third-order valence-corrected chi connectivity index (χ3v) is 5.21. The summed E-state index contributed by atoms with van der Waals surface area (Å²) >= 11 is 0. The number of nitrogens with zero attached hydrogens (tertiary/aromatic N) is 1. The molecule has 6 nitrogen and oxygen atoms in total. The molecule has 0 amide bonds. The second kappa shape index (κ2) is 6.26. The van der Waals surface area contributed by atoms with Crippen LogP contribution in [0.5, 0.6) is 0 Å². The molecular weight excluding hydrogens is 286 g/mol. The van der Waals surface area contributed by atoms with Crippen LogP contribution in [0, 0.1) is 5.92 Å². The maximum atomic E-state index is 12.4. The zero-order chi connectivity index (χ0) is 15.9. The molecule has 4 rings (SSSR count). The molecule has 6 heteroatoms. The summed E-state index contributed by atoms with van der Waals surface area (Å²) in [5.74, 6) is -0.359. The largest absolute Gasteiger partial charge is 0.468 e. The third-order valence-electron chi connectivity index (χ3n) is 5.21. The molecule has 124 valence electrons. The third kappa shape index (κ3) is 2.68. The summed E-state index contributed by atoms with van der Waals surface area (Å²) in [7, 11) is 1.35. The van der Waals surface area contributed by atoms with E-state index in [1.165, 1.54) is 7.11 Å². The van der Waals surface area contributed by atoms with Crippen molar-refractivity contribution in [1.82, 2.24) is 4.90 Å². The number of methoxy groups -OCH3 is 1. The van der Waals surface area contributed by atoms with Gasteiger partial charge in [0.2, 0.25) is 0 Å². The Hall–Kier alpha value is -0.980. The zero-order valence-electron chi connectivity index (χ0n) is 13.5. The molecule has 4 atom stereocenters. The lowest BCUT2D eigenvalue weighted by molar-refractivity contribution is -0.199. The predicted molar refractivity (Wildman–Crippen MR) is 78.1 cm³/mol. The van der Waals surface area contributed by atoms with Gasteiger partial charge in [-0.05, 0) is 39.5 Å². The van der Waals surface area contributed by atoms with Gasteiger partial charge in [-0.15, -0.1) is 0 Å². The number of hydrogen-bond donors (Lipinski definition) is 0. The van der Waals surface area contributed by atoms with Crippen molar-refractivity contribution in [3.05, 3.63) is 0 Å². The number of Topliss-reactive ketones (excluding diaryl/α,β-unsaturated/α-hetero) is 1. The van der Waals surface area contributed by atoms with Crippen molar-refractivity contribution in [2.75, 3.05) is 13.7 Å². The van der Waals surface area contributed by atoms with Gasteiger partial charge in [0.25, 0.3) is 0 Å². The van der Waals surface area contributed by atoms with Gasteiger partial charge in [0.15, 0.2) is 18.1 Å². The molecule has 0 saturated carbocycles. The minimum absolute atomic E-state index is 0.00867. The van der Waals surface area contributed by atoms with E-state index in [4.69, 9.17) is 14.2 Å². The first kappa shape index (κ1) is 15.9. The van der Waals surface area contributed by atoms with E-state index in [0.717, 1.165) is 25.7 Å². The van der Waals surface area contributed by atoms with Crippen molar-refractivity contribution in [2.45, 2.75) is 70.1 Å². The average molecular weight is 311 g/mol. The van der Waals surface area contributed by atoms with Crippen LogP contribution in [0.15, 0.2) is 0 Å². The van der Waals surface area contributed by atoms with Crippen molar-refractivity contribution in [1.29, 1.82) is 0 Å². The summed E-state index contributed by atoms with van der Waals surface area (Å²) in [6, 6.07) is -0.228. The van der Waals surface area contributed by atoms with E-state index < -0.39 is 12.0 Å². The Balaban J connectivity index is 1.71. The Bertz CT molecular complexity index is 438. The number of hydrogen-bond acceptors (Lipinski definition) is 6. The molecule has 4 unspecified atom stereocenters. The van der Waals surface area contributed by atoms with Crippen LogP contribution in [-0.4, -0.2) is 60.9 Å². The lowest BCUT2D eigenvalue weighted by Crippen LogP contribution is -2.69. The Labute approximate surface area is 131 Å². The molecule has 0 radical (unpaired) electrons. The van der Waals surface area contributed by atoms with Gasteiger partial charge in [0.1, 0.15) is 0 Å². The molecule has 0 spiro atoms. The first-order valence-electron chi connectivity index (χ1n) is 8.21. The minimum atomic E-state index is -0.697. The van der Waals surface area contributed by atoms with Gasteiger partial charge in [-0.3, -0.25) is 9.69 Å². The first-order valence-corrected chi connectivity index (χ1v) is 8.21. The van der Waals surface area contributed by atoms with Crippen LogP contribution in [0.3, 0.4) is 0 Å². The summed E-state index contributed by atoms with van der Waals surface area (Å²) in [5, 5.41) is 0. The zero-order valence-corrected chi connectivity index (χ0v) is 13.5. The van der Waals surface area contributed by atoms with Gasteiger partial charge in [0, 0.05) is 24.6 Å². The van der Waals surface area contributed by atoms with E-state index in [2.05, 4.69) is 4.90 Å². The monoisotopic (exact) mass is 311 g/mol. The Morgan fingerprint density at radius 3 is 2.45 bits per heavy atom. The highest BCUT2D eigenvalue weighted by molar-refractivity contribution is 6.05. The Kier molecular flexibility index (Phi) is 4.52. The predicted octanol–water partition coefficient (Wildman–Crippen LogP) is 1.12. The van der Waals surface area contributed by atoms with Crippen molar-refractivity contribution in [2.24, 2.45) is 5.92 Å². The quantitative estimate of drug-likeness (QED) is 0.431. The fraction of sp³-hybridized carbons (Fsp3) is 0.875. The van der Waals surface area contributed by atoms with Crippen molar-refractivity contribution >= 4 is 11.8 Å². The van der Waals surface area contributed by atoms with Crippen LogP contribution in [0.2, 0.25) is 0 Å². The minimum Gasteiger partial charge on any atom is -0.468 e. The number of ketones is 1. The van der Waals surface area contributed by atoms with Gasteiger partial charge in [0.05, 0.1) is 13.2 Å². The topological polar surface area (TPSA) is 65.1 Å². The van der Waals surface area contributed by atoms with Crippen molar-refractivity contribution in [3.8, 4) is 0 Å². The molecule has 22 heavy (non-hydrogen) atoms. The molecular formula is C16H25NO5. The Morgan fingerprint density at radius 1 is 1.27 bits per heavy atom. The van der Waals surface area contributed by atoms with Gasteiger partial charge in [-0.1, -0.05) is 0 Å². The number of ether oxygens (including phenoxy) is 3. The van der Waals surface area contributed by atoms with Crippen LogP contribution < -0.4 is 0 Å². The van der Waals surface area contributed by atoms with Crippen LogP contribution in [-0.2, 0) is 23.8 Å². The van der Waals surface area contributed by atoms with Gasteiger partial charge in [-0.2, -0.15) is 0 Å².